The lowest BCUT2D eigenvalue weighted by Gasteiger charge is -2.29. The van der Waals surface area contributed by atoms with E-state index in [2.05, 4.69) is 46.9 Å². The molecule has 0 aromatic carbocycles. The lowest BCUT2D eigenvalue weighted by Crippen LogP contribution is -2.34. The highest BCUT2D eigenvalue weighted by molar-refractivity contribution is 4.94. The summed E-state index contributed by atoms with van der Waals surface area (Å²) < 4.78 is 22.5. The fourth-order valence-electron chi connectivity index (χ4n) is 4.17. The van der Waals surface area contributed by atoms with Crippen molar-refractivity contribution in [1.82, 2.24) is 5.32 Å². The molecule has 0 amide bonds. The van der Waals surface area contributed by atoms with E-state index in [1.807, 2.05) is 0 Å². The van der Waals surface area contributed by atoms with Crippen LogP contribution in [-0.2, 0) is 18.9 Å². The minimum atomic E-state index is 0.147. The highest BCUT2D eigenvalue weighted by Gasteiger charge is 2.47. The van der Waals surface area contributed by atoms with Gasteiger partial charge in [-0.05, 0) is 17.3 Å². The molecule has 0 bridgehead atoms. The van der Waals surface area contributed by atoms with Crippen LogP contribution < -0.4 is 5.32 Å². The van der Waals surface area contributed by atoms with Crippen LogP contribution in [0.4, 0.5) is 0 Å². The Morgan fingerprint density at radius 3 is 2.04 bits per heavy atom. The normalized spacial score (nSPS) is 41.8. The first kappa shape index (κ1) is 18.6. The zero-order chi connectivity index (χ0) is 17.5. The Bertz CT molecular complexity index is 388. The van der Waals surface area contributed by atoms with Crippen LogP contribution in [0.2, 0.25) is 0 Å². The molecule has 140 valence electrons. The van der Waals surface area contributed by atoms with Crippen LogP contribution >= 0.6 is 0 Å². The van der Waals surface area contributed by atoms with Crippen molar-refractivity contribution in [3.05, 3.63) is 0 Å². The molecule has 1 N–H and O–H groups in total. The predicted molar refractivity (Wildman–Crippen MR) is 92.6 cm³/mol. The first-order chi connectivity index (χ1) is 11.2. The second-order valence-corrected chi connectivity index (χ2v) is 9.67. The first-order valence-corrected chi connectivity index (χ1v) is 9.38. The number of ether oxygens (including phenoxy) is 4. The minimum absolute atomic E-state index is 0.147. The first-order valence-electron chi connectivity index (χ1n) is 9.38. The van der Waals surface area contributed by atoms with Gasteiger partial charge in [-0.2, -0.15) is 0 Å². The van der Waals surface area contributed by atoms with Crippen LogP contribution in [0.1, 0.15) is 48.0 Å². The fraction of sp³-hybridized carbons (Fsp3) is 1.00. The standard InChI is InChI=1S/C10H18O2.C9H17NO2/c1-10(2,3)7-6-12-8-4-5-11-9(7)8;1-9(2,3)6-4-11-8-7(6)12-5-10-8/h7-9H,4-6H2,1-3H3;6-8,10H,4-5H2,1-3H3. The summed E-state index contributed by atoms with van der Waals surface area (Å²) in [5, 5.41) is 3.18. The lowest BCUT2D eigenvalue weighted by molar-refractivity contribution is 0.0341. The molecule has 4 rings (SSSR count). The van der Waals surface area contributed by atoms with E-state index in [1.165, 1.54) is 0 Å². The molecule has 0 aromatic rings. The van der Waals surface area contributed by atoms with Gasteiger partial charge in [0, 0.05) is 18.4 Å². The second kappa shape index (κ2) is 6.84. The van der Waals surface area contributed by atoms with Crippen molar-refractivity contribution in [3.63, 3.8) is 0 Å². The molecule has 0 saturated carbocycles. The average Bonchev–Trinajstić information content (AvgIpc) is 3.17. The Hall–Kier alpha value is -0.200. The Kier molecular flexibility index (Phi) is 5.30. The SMILES string of the molecule is CC(C)(C)C1COC2CCOC21.CC(C)(C)C1COC2NCOC21. The average molecular weight is 341 g/mol. The largest absolute Gasteiger partial charge is 0.375 e. The van der Waals surface area contributed by atoms with Gasteiger partial charge in [0.1, 0.15) is 12.3 Å². The van der Waals surface area contributed by atoms with Gasteiger partial charge in [0.2, 0.25) is 0 Å². The van der Waals surface area contributed by atoms with Gasteiger partial charge in [0.25, 0.3) is 0 Å². The molecule has 4 aliphatic rings. The van der Waals surface area contributed by atoms with Gasteiger partial charge in [-0.1, -0.05) is 41.5 Å². The van der Waals surface area contributed by atoms with Crippen LogP contribution in [0.3, 0.4) is 0 Å². The molecule has 0 radical (unpaired) electrons. The molecule has 5 heteroatoms. The Labute approximate surface area is 146 Å². The van der Waals surface area contributed by atoms with Crippen LogP contribution in [-0.4, -0.2) is 51.1 Å². The third-order valence-corrected chi connectivity index (χ3v) is 5.90. The molecule has 0 aliphatic carbocycles. The van der Waals surface area contributed by atoms with Crippen LogP contribution in [0.15, 0.2) is 0 Å². The van der Waals surface area contributed by atoms with Crippen molar-refractivity contribution in [3.8, 4) is 0 Å². The number of fused-ring (bicyclic) bond motifs is 2. The van der Waals surface area contributed by atoms with E-state index in [-0.39, 0.29) is 17.7 Å². The van der Waals surface area contributed by atoms with Gasteiger partial charge >= 0.3 is 0 Å². The summed E-state index contributed by atoms with van der Waals surface area (Å²) in [4.78, 5) is 0. The third kappa shape index (κ3) is 3.80. The summed E-state index contributed by atoms with van der Waals surface area (Å²) in [7, 11) is 0. The third-order valence-electron chi connectivity index (χ3n) is 5.90. The molecule has 0 spiro atoms. The van der Waals surface area contributed by atoms with Crippen LogP contribution in [0, 0.1) is 22.7 Å². The van der Waals surface area contributed by atoms with E-state index in [0.29, 0.717) is 36.2 Å². The number of nitrogens with one attached hydrogen (secondary N) is 1. The van der Waals surface area contributed by atoms with E-state index in [9.17, 15) is 0 Å². The van der Waals surface area contributed by atoms with Gasteiger partial charge in [0.05, 0.1) is 32.2 Å². The van der Waals surface area contributed by atoms with E-state index >= 15 is 0 Å². The predicted octanol–water partition coefficient (Wildman–Crippen LogP) is 2.79. The molecule has 4 heterocycles. The highest BCUT2D eigenvalue weighted by atomic mass is 16.6. The lowest BCUT2D eigenvalue weighted by atomic mass is 9.78. The molecule has 4 aliphatic heterocycles. The van der Waals surface area contributed by atoms with Crippen molar-refractivity contribution in [2.75, 3.05) is 26.6 Å². The Morgan fingerprint density at radius 1 is 0.750 bits per heavy atom. The smallest absolute Gasteiger partial charge is 0.136 e. The van der Waals surface area contributed by atoms with E-state index < -0.39 is 0 Å². The van der Waals surface area contributed by atoms with E-state index in [4.69, 9.17) is 18.9 Å². The number of hydrogen-bond donors (Lipinski definition) is 1. The number of rotatable bonds is 0. The zero-order valence-electron chi connectivity index (χ0n) is 16.1. The Morgan fingerprint density at radius 2 is 1.38 bits per heavy atom. The van der Waals surface area contributed by atoms with Crippen LogP contribution in [0.25, 0.3) is 0 Å². The van der Waals surface area contributed by atoms with Crippen molar-refractivity contribution < 1.29 is 18.9 Å². The summed E-state index contributed by atoms with van der Waals surface area (Å²) in [6.45, 7) is 16.8. The quantitative estimate of drug-likeness (QED) is 0.734. The van der Waals surface area contributed by atoms with Crippen molar-refractivity contribution in [2.24, 2.45) is 22.7 Å². The molecule has 5 nitrogen and oxygen atoms in total. The molecule has 24 heavy (non-hydrogen) atoms. The maximum absolute atomic E-state index is 5.69. The van der Waals surface area contributed by atoms with Crippen LogP contribution in [0.5, 0.6) is 0 Å². The second-order valence-electron chi connectivity index (χ2n) is 9.67. The fourth-order valence-corrected chi connectivity index (χ4v) is 4.17. The molecule has 0 aromatic heterocycles. The molecule has 4 saturated heterocycles. The molecule has 4 fully saturated rings. The van der Waals surface area contributed by atoms with Gasteiger partial charge < -0.3 is 18.9 Å². The van der Waals surface area contributed by atoms with Gasteiger partial charge in [-0.25, -0.2) is 0 Å². The molecular formula is C19H35NO4. The summed E-state index contributed by atoms with van der Waals surface area (Å²) in [5.41, 5.74) is 0.606. The maximum atomic E-state index is 5.69. The summed E-state index contributed by atoms with van der Waals surface area (Å²) >= 11 is 0. The monoisotopic (exact) mass is 341 g/mol. The summed E-state index contributed by atoms with van der Waals surface area (Å²) in [6.07, 6.45) is 2.29. The zero-order valence-corrected chi connectivity index (χ0v) is 16.1. The van der Waals surface area contributed by atoms with E-state index in [1.54, 1.807) is 0 Å². The minimum Gasteiger partial charge on any atom is -0.375 e. The van der Waals surface area contributed by atoms with Crippen molar-refractivity contribution in [2.45, 2.75) is 72.5 Å². The molecular weight excluding hydrogens is 306 g/mol. The van der Waals surface area contributed by atoms with Crippen molar-refractivity contribution in [1.29, 1.82) is 0 Å². The van der Waals surface area contributed by atoms with Gasteiger partial charge in [0.15, 0.2) is 0 Å². The topological polar surface area (TPSA) is 49.0 Å². The van der Waals surface area contributed by atoms with E-state index in [0.717, 1.165) is 26.2 Å². The number of hydrogen-bond acceptors (Lipinski definition) is 5. The van der Waals surface area contributed by atoms with Gasteiger partial charge in [-0.15, -0.1) is 0 Å². The highest BCUT2D eigenvalue weighted by Crippen LogP contribution is 2.40. The summed E-state index contributed by atoms with van der Waals surface area (Å²) in [6, 6.07) is 0. The molecule has 6 atom stereocenters. The molecule has 6 unspecified atom stereocenters. The Balaban J connectivity index is 0.000000141. The maximum Gasteiger partial charge on any atom is 0.136 e. The van der Waals surface area contributed by atoms with Crippen molar-refractivity contribution >= 4 is 0 Å². The summed E-state index contributed by atoms with van der Waals surface area (Å²) in [5.74, 6) is 1.11. The van der Waals surface area contributed by atoms with Gasteiger partial charge in [-0.3, -0.25) is 5.32 Å².